The molecule has 5 rings (SSSR count). The van der Waals surface area contributed by atoms with Crippen LogP contribution in [0.25, 0.3) is 23.0 Å². The van der Waals surface area contributed by atoms with Crippen LogP contribution in [0.3, 0.4) is 0 Å². The van der Waals surface area contributed by atoms with E-state index in [0.717, 1.165) is 52.9 Å². The van der Waals surface area contributed by atoms with E-state index in [1.54, 1.807) is 0 Å². The van der Waals surface area contributed by atoms with Crippen LogP contribution in [0.15, 0.2) is 75.6 Å². The SMILES string of the molecule is CCCSc1ccc(-c2nn(-c3ccccc3)cc2/C=C2\SC(N3C[C@H](C)O[C@@H](C)C3)=NC2=O)cc1. The number of para-hydroxylation sites is 1. The van der Waals surface area contributed by atoms with Crippen molar-refractivity contribution in [2.45, 2.75) is 44.3 Å². The average molecular weight is 519 g/mol. The molecule has 1 aromatic heterocycles. The standard InChI is InChI=1S/C28H30N4O2S2/c1-4-14-35-24-12-10-21(11-13-24)26-22(18-32(30-26)23-8-6-5-7-9-23)15-25-27(33)29-28(36-25)31-16-19(2)34-20(3)17-31/h5-13,15,18-20H,4,14,16-17H2,1-3H3/b25-15-/t19-,20-/m0/s1. The van der Waals surface area contributed by atoms with E-state index in [-0.39, 0.29) is 18.1 Å². The number of carbonyl (C=O) groups excluding carboxylic acids is 1. The maximum Gasteiger partial charge on any atom is 0.286 e. The van der Waals surface area contributed by atoms with Crippen molar-refractivity contribution >= 4 is 40.7 Å². The molecule has 3 heterocycles. The molecule has 186 valence electrons. The predicted octanol–water partition coefficient (Wildman–Crippen LogP) is 6.12. The first-order chi connectivity index (χ1) is 17.5. The molecule has 0 radical (unpaired) electrons. The molecule has 1 fully saturated rings. The molecule has 1 amide bonds. The van der Waals surface area contributed by atoms with Crippen molar-refractivity contribution < 1.29 is 9.53 Å². The molecule has 0 spiro atoms. The number of benzene rings is 2. The zero-order chi connectivity index (χ0) is 25.1. The minimum Gasteiger partial charge on any atom is -0.372 e. The number of amides is 1. The van der Waals surface area contributed by atoms with E-state index in [1.807, 2.05) is 59.0 Å². The Morgan fingerprint density at radius 1 is 1.08 bits per heavy atom. The lowest BCUT2D eigenvalue weighted by atomic mass is 10.1. The Labute approximate surface area is 220 Å². The molecule has 0 saturated carbocycles. The van der Waals surface area contributed by atoms with Gasteiger partial charge in [-0.3, -0.25) is 4.79 Å². The van der Waals surface area contributed by atoms with Crippen LogP contribution < -0.4 is 0 Å². The summed E-state index contributed by atoms with van der Waals surface area (Å²) < 4.78 is 7.72. The van der Waals surface area contributed by atoms with Crippen LogP contribution in [0.1, 0.15) is 32.8 Å². The number of hydrogen-bond donors (Lipinski definition) is 0. The number of carbonyl (C=O) groups is 1. The number of rotatable bonds is 6. The number of nitrogens with zero attached hydrogens (tertiary/aromatic N) is 4. The van der Waals surface area contributed by atoms with Gasteiger partial charge in [-0.05, 0) is 68.1 Å². The van der Waals surface area contributed by atoms with Crippen molar-refractivity contribution in [3.63, 3.8) is 0 Å². The van der Waals surface area contributed by atoms with E-state index >= 15 is 0 Å². The number of aromatic nitrogens is 2. The first kappa shape index (κ1) is 24.9. The van der Waals surface area contributed by atoms with Gasteiger partial charge in [0.25, 0.3) is 5.91 Å². The molecule has 2 aromatic carbocycles. The third-order valence-corrected chi connectivity index (χ3v) is 8.21. The molecule has 0 unspecified atom stereocenters. The lowest BCUT2D eigenvalue weighted by Crippen LogP contribution is -2.47. The average Bonchev–Trinajstić information content (AvgIpc) is 3.47. The van der Waals surface area contributed by atoms with Gasteiger partial charge in [0.15, 0.2) is 5.17 Å². The smallest absolute Gasteiger partial charge is 0.286 e. The molecule has 0 bridgehead atoms. The van der Waals surface area contributed by atoms with Crippen LogP contribution >= 0.6 is 23.5 Å². The van der Waals surface area contributed by atoms with Crippen LogP contribution in [0, 0.1) is 0 Å². The number of aliphatic imine (C=N–C) groups is 1. The molecular formula is C28H30N4O2S2. The Hall–Kier alpha value is -2.81. The zero-order valence-electron chi connectivity index (χ0n) is 20.8. The summed E-state index contributed by atoms with van der Waals surface area (Å²) in [5, 5.41) is 5.67. The van der Waals surface area contributed by atoms with Crippen molar-refractivity contribution in [1.29, 1.82) is 0 Å². The summed E-state index contributed by atoms with van der Waals surface area (Å²) in [6, 6.07) is 18.5. The number of ether oxygens (including phenoxy) is 1. The van der Waals surface area contributed by atoms with E-state index < -0.39 is 0 Å². The summed E-state index contributed by atoms with van der Waals surface area (Å²) in [6.07, 6.45) is 5.27. The summed E-state index contributed by atoms with van der Waals surface area (Å²) >= 11 is 3.29. The summed E-state index contributed by atoms with van der Waals surface area (Å²) in [5.74, 6) is 0.897. The molecule has 36 heavy (non-hydrogen) atoms. The van der Waals surface area contributed by atoms with E-state index in [1.165, 1.54) is 16.7 Å². The maximum atomic E-state index is 12.9. The van der Waals surface area contributed by atoms with Gasteiger partial charge in [0.05, 0.1) is 28.5 Å². The van der Waals surface area contributed by atoms with Gasteiger partial charge in [-0.25, -0.2) is 4.68 Å². The van der Waals surface area contributed by atoms with Gasteiger partial charge < -0.3 is 9.64 Å². The van der Waals surface area contributed by atoms with Crippen LogP contribution in [-0.4, -0.2) is 56.8 Å². The molecule has 0 N–H and O–H groups in total. The molecule has 2 atom stereocenters. The summed E-state index contributed by atoms with van der Waals surface area (Å²) in [4.78, 5) is 21.3. The fourth-order valence-electron chi connectivity index (χ4n) is 4.37. The maximum absolute atomic E-state index is 12.9. The number of thioether (sulfide) groups is 2. The first-order valence-corrected chi connectivity index (χ1v) is 14.1. The van der Waals surface area contributed by atoms with Crippen molar-refractivity contribution in [3.05, 3.63) is 71.3 Å². The Morgan fingerprint density at radius 2 is 1.81 bits per heavy atom. The molecule has 3 aromatic rings. The highest BCUT2D eigenvalue weighted by Crippen LogP contribution is 2.34. The zero-order valence-corrected chi connectivity index (χ0v) is 22.4. The summed E-state index contributed by atoms with van der Waals surface area (Å²) in [5.41, 5.74) is 3.72. The Morgan fingerprint density at radius 3 is 2.50 bits per heavy atom. The Bertz CT molecular complexity index is 1270. The lowest BCUT2D eigenvalue weighted by molar-refractivity contribution is -0.113. The monoisotopic (exact) mass is 518 g/mol. The van der Waals surface area contributed by atoms with Gasteiger partial charge in [-0.2, -0.15) is 10.1 Å². The second-order valence-electron chi connectivity index (χ2n) is 9.06. The topological polar surface area (TPSA) is 59.7 Å². The number of amidine groups is 1. The van der Waals surface area contributed by atoms with Crippen molar-refractivity contribution in [1.82, 2.24) is 14.7 Å². The normalized spacial score (nSPS) is 21.3. The van der Waals surface area contributed by atoms with Gasteiger partial charge in [0.1, 0.15) is 0 Å². The highest BCUT2D eigenvalue weighted by Gasteiger charge is 2.31. The lowest BCUT2D eigenvalue weighted by Gasteiger charge is -2.35. The van der Waals surface area contributed by atoms with Gasteiger partial charge in [0.2, 0.25) is 0 Å². The van der Waals surface area contributed by atoms with Crippen LogP contribution in [0.2, 0.25) is 0 Å². The summed E-state index contributed by atoms with van der Waals surface area (Å²) in [6.45, 7) is 7.76. The van der Waals surface area contributed by atoms with Crippen LogP contribution in [-0.2, 0) is 9.53 Å². The van der Waals surface area contributed by atoms with Crippen molar-refractivity contribution in [2.24, 2.45) is 4.99 Å². The third-order valence-electron chi connectivity index (χ3n) is 5.95. The second kappa shape index (κ2) is 11.1. The van der Waals surface area contributed by atoms with Crippen molar-refractivity contribution in [2.75, 3.05) is 18.8 Å². The predicted molar refractivity (Wildman–Crippen MR) is 150 cm³/mol. The number of hydrogen-bond acceptors (Lipinski definition) is 6. The Kier molecular flexibility index (Phi) is 7.65. The molecule has 8 heteroatoms. The fourth-order valence-corrected chi connectivity index (χ4v) is 6.06. The minimum absolute atomic E-state index is 0.106. The van der Waals surface area contributed by atoms with Gasteiger partial charge in [-0.15, -0.1) is 11.8 Å². The van der Waals surface area contributed by atoms with E-state index in [0.29, 0.717) is 4.91 Å². The number of morpholine rings is 1. The molecule has 2 aliphatic rings. The third kappa shape index (κ3) is 5.61. The minimum atomic E-state index is -0.202. The fraction of sp³-hybridized carbons (Fsp3) is 0.321. The molecule has 2 aliphatic heterocycles. The van der Waals surface area contributed by atoms with Gasteiger partial charge in [-0.1, -0.05) is 37.3 Å². The molecule has 0 aliphatic carbocycles. The molecule has 1 saturated heterocycles. The quantitative estimate of drug-likeness (QED) is 0.289. The highest BCUT2D eigenvalue weighted by molar-refractivity contribution is 8.18. The van der Waals surface area contributed by atoms with Gasteiger partial charge in [0, 0.05) is 35.3 Å². The summed E-state index contributed by atoms with van der Waals surface area (Å²) in [7, 11) is 0. The largest absolute Gasteiger partial charge is 0.372 e. The molecular weight excluding hydrogens is 488 g/mol. The Balaban J connectivity index is 1.46. The second-order valence-corrected chi connectivity index (χ2v) is 11.2. The van der Waals surface area contributed by atoms with Crippen LogP contribution in [0.5, 0.6) is 0 Å². The highest BCUT2D eigenvalue weighted by atomic mass is 32.2. The molecule has 6 nitrogen and oxygen atoms in total. The van der Waals surface area contributed by atoms with E-state index in [9.17, 15) is 4.79 Å². The first-order valence-electron chi connectivity index (χ1n) is 12.3. The van der Waals surface area contributed by atoms with Gasteiger partial charge >= 0.3 is 0 Å². The van der Waals surface area contributed by atoms with Crippen molar-refractivity contribution in [3.8, 4) is 16.9 Å². The van der Waals surface area contributed by atoms with Crippen LogP contribution in [0.4, 0.5) is 0 Å². The van der Waals surface area contributed by atoms with E-state index in [4.69, 9.17) is 9.84 Å². The van der Waals surface area contributed by atoms with E-state index in [2.05, 4.69) is 54.9 Å².